The monoisotopic (exact) mass is 1030 g/mol. The molecule has 9 fully saturated rings. The van der Waals surface area contributed by atoms with Crippen molar-refractivity contribution in [3.05, 3.63) is 11.6 Å². The highest BCUT2D eigenvalue weighted by Crippen LogP contribution is 2.71. The third kappa shape index (κ3) is 9.09. The van der Waals surface area contributed by atoms with Gasteiger partial charge in [0.2, 0.25) is 0 Å². The first-order valence-electron chi connectivity index (χ1n) is 26.7. The van der Waals surface area contributed by atoms with Gasteiger partial charge in [-0.25, -0.2) is 0 Å². The Bertz CT molecular complexity index is 1900. The normalized spacial score (nSPS) is 57.8. The molecule has 4 aliphatic carbocycles. The standard InChI is InChI=1S/C51H82O21/c1-20-9-14-51(63-19-20)21(2)32-29(72-51)16-28-26-8-7-24-15-25(10-12-49(24,5)27(26)11-13-50(28,32)6)66-48-44(71-45-39(60)36(57)33(54)22(3)64-45)43(35(56)31(18-53)68-48)70-46-41(62)38(59)42(23(4)65-46)69-47-40(61)37(58)34(55)30(17-52)67-47/h7,20-23,25-48,52-62H,8-19H2,1-6H3/t20-,21+,22+,23+,25+,26-,27+,28+,29+,30-,31-,32?,33+,34-,35-,36-,37+,38+,39-,40-,41-,42+,43+,44-,45+,46+,47+,48-,49+,50+,51-/m1/s1. The third-order valence-electron chi connectivity index (χ3n) is 19.8. The van der Waals surface area contributed by atoms with E-state index >= 15 is 0 Å². The molecule has 10 aliphatic rings. The predicted molar refractivity (Wildman–Crippen MR) is 245 cm³/mol. The summed E-state index contributed by atoms with van der Waals surface area (Å²) < 4.78 is 62.5. The fourth-order valence-electron chi connectivity index (χ4n) is 15.5. The first kappa shape index (κ1) is 54.3. The van der Waals surface area contributed by atoms with Crippen LogP contribution in [-0.4, -0.2) is 217 Å². The number of fused-ring (bicyclic) bond motifs is 7. The van der Waals surface area contributed by atoms with Crippen molar-refractivity contribution in [2.45, 2.75) is 240 Å². The lowest BCUT2D eigenvalue weighted by molar-refractivity contribution is -0.398. The Kier molecular flexibility index (Phi) is 15.5. The molecule has 0 amide bonds. The van der Waals surface area contributed by atoms with Crippen LogP contribution in [-0.2, 0) is 47.4 Å². The van der Waals surface area contributed by atoms with Gasteiger partial charge in [-0.3, -0.25) is 0 Å². The molecule has 31 atom stereocenters. The summed E-state index contributed by atoms with van der Waals surface area (Å²) in [6.45, 7) is 11.8. The van der Waals surface area contributed by atoms with Gasteiger partial charge in [-0.1, -0.05) is 39.3 Å². The van der Waals surface area contributed by atoms with Crippen molar-refractivity contribution in [1.82, 2.24) is 0 Å². The van der Waals surface area contributed by atoms with Crippen molar-refractivity contribution in [2.24, 2.45) is 46.3 Å². The molecule has 11 N–H and O–H groups in total. The van der Waals surface area contributed by atoms with E-state index in [0.717, 1.165) is 51.6 Å². The lowest BCUT2D eigenvalue weighted by atomic mass is 9.47. The molecule has 21 nitrogen and oxygen atoms in total. The number of aliphatic hydroxyl groups excluding tert-OH is 11. The number of hydrogen-bond donors (Lipinski definition) is 11. The Morgan fingerprint density at radius 3 is 1.88 bits per heavy atom. The largest absolute Gasteiger partial charge is 0.394 e. The summed E-state index contributed by atoms with van der Waals surface area (Å²) in [7, 11) is 0. The van der Waals surface area contributed by atoms with Crippen LogP contribution < -0.4 is 0 Å². The van der Waals surface area contributed by atoms with Crippen LogP contribution in [0, 0.1) is 46.3 Å². The lowest BCUT2D eigenvalue weighted by Crippen LogP contribution is -2.67. The molecular weight excluding hydrogens is 949 g/mol. The molecule has 72 heavy (non-hydrogen) atoms. The van der Waals surface area contributed by atoms with E-state index in [1.165, 1.54) is 19.4 Å². The predicted octanol–water partition coefficient (Wildman–Crippen LogP) is -0.934. The highest BCUT2D eigenvalue weighted by Gasteiger charge is 2.69. The first-order chi connectivity index (χ1) is 34.1. The van der Waals surface area contributed by atoms with Crippen LogP contribution in [0.3, 0.4) is 0 Å². The molecule has 10 rings (SSSR count). The van der Waals surface area contributed by atoms with Crippen LogP contribution in [0.1, 0.15) is 99.3 Å². The highest BCUT2D eigenvalue weighted by atomic mass is 16.8. The topological polar surface area (TPSA) is 315 Å². The van der Waals surface area contributed by atoms with Crippen molar-refractivity contribution in [1.29, 1.82) is 0 Å². The van der Waals surface area contributed by atoms with Crippen LogP contribution in [0.15, 0.2) is 11.6 Å². The van der Waals surface area contributed by atoms with E-state index < -0.39 is 148 Å². The smallest absolute Gasteiger partial charge is 0.187 e. The minimum absolute atomic E-state index is 0.0829. The summed E-state index contributed by atoms with van der Waals surface area (Å²) in [5.41, 5.74) is 1.37. The second-order valence-corrected chi connectivity index (χ2v) is 23.9. The molecule has 6 heterocycles. The van der Waals surface area contributed by atoms with Gasteiger partial charge in [0.05, 0.1) is 44.2 Å². The fraction of sp³-hybridized carbons (Fsp3) is 0.961. The Labute approximate surface area is 420 Å². The van der Waals surface area contributed by atoms with Gasteiger partial charge in [0, 0.05) is 12.3 Å². The van der Waals surface area contributed by atoms with Crippen LogP contribution in [0.4, 0.5) is 0 Å². The summed E-state index contributed by atoms with van der Waals surface area (Å²) in [4.78, 5) is 0. The van der Waals surface area contributed by atoms with Gasteiger partial charge in [0.1, 0.15) is 85.5 Å². The van der Waals surface area contributed by atoms with E-state index in [2.05, 4.69) is 33.8 Å². The number of ether oxygens (including phenoxy) is 10. The van der Waals surface area contributed by atoms with E-state index in [4.69, 9.17) is 47.4 Å². The highest BCUT2D eigenvalue weighted by molar-refractivity contribution is 5.26. The maximum absolute atomic E-state index is 11.8. The van der Waals surface area contributed by atoms with Gasteiger partial charge in [-0.15, -0.1) is 0 Å². The van der Waals surface area contributed by atoms with Gasteiger partial charge < -0.3 is 104 Å². The SMILES string of the molecule is C[C@@H]1CC[C@@]2(OC1)O[C@H]1C[C@H]3[C@@H]4CC=C5C[C@@H](O[C@@H]6O[C@H](CO)[C@@H](O)[C@H](O[C@@H]7O[C@@H](C)[C@H](O[C@@H]8O[C@H](CO)[C@@H](O)[C@H](O)[C@H]8O)[C@@H](O)[C@H]7O)[C@H]6O[C@@H]6O[C@@H](C)[C@H](O)[C@@H](O)[C@H]6O)CC[C@]5(C)[C@H]4CC[C@]3(C)C1[C@@H]2C. The molecule has 0 aromatic carbocycles. The third-order valence-corrected chi connectivity index (χ3v) is 19.8. The number of rotatable bonds is 10. The lowest BCUT2D eigenvalue weighted by Gasteiger charge is -2.59. The molecule has 0 radical (unpaired) electrons. The molecule has 3 saturated carbocycles. The average molecular weight is 1030 g/mol. The fourth-order valence-corrected chi connectivity index (χ4v) is 15.5. The number of hydrogen-bond acceptors (Lipinski definition) is 21. The molecule has 0 aromatic heterocycles. The Morgan fingerprint density at radius 1 is 0.583 bits per heavy atom. The summed E-state index contributed by atoms with van der Waals surface area (Å²) in [5.74, 6) is 2.36. The van der Waals surface area contributed by atoms with E-state index in [-0.39, 0.29) is 16.9 Å². The zero-order chi connectivity index (χ0) is 51.5. The maximum Gasteiger partial charge on any atom is 0.187 e. The maximum atomic E-state index is 11.8. The minimum Gasteiger partial charge on any atom is -0.394 e. The van der Waals surface area contributed by atoms with Crippen molar-refractivity contribution < 1.29 is 104 Å². The number of aliphatic hydroxyl groups is 11. The molecule has 412 valence electrons. The van der Waals surface area contributed by atoms with Gasteiger partial charge in [-0.2, -0.15) is 0 Å². The Balaban J connectivity index is 0.861. The zero-order valence-corrected chi connectivity index (χ0v) is 42.2. The summed E-state index contributed by atoms with van der Waals surface area (Å²) in [6.07, 6.45) is -21.0. The van der Waals surface area contributed by atoms with E-state index in [0.29, 0.717) is 48.3 Å². The minimum atomic E-state index is -1.92. The van der Waals surface area contributed by atoms with E-state index in [1.807, 2.05) is 0 Å². The molecular formula is C51H82O21. The second-order valence-electron chi connectivity index (χ2n) is 23.9. The quantitative estimate of drug-likeness (QED) is 0.118. The van der Waals surface area contributed by atoms with E-state index in [1.54, 1.807) is 0 Å². The van der Waals surface area contributed by atoms with Gasteiger partial charge in [0.25, 0.3) is 0 Å². The molecule has 1 unspecified atom stereocenters. The van der Waals surface area contributed by atoms with Crippen molar-refractivity contribution >= 4 is 0 Å². The van der Waals surface area contributed by atoms with Crippen molar-refractivity contribution in [2.75, 3.05) is 19.8 Å². The van der Waals surface area contributed by atoms with Gasteiger partial charge in [0.15, 0.2) is 30.9 Å². The Morgan fingerprint density at radius 2 is 1.19 bits per heavy atom. The number of allylic oxidation sites excluding steroid dienone is 1. The summed E-state index contributed by atoms with van der Waals surface area (Å²) >= 11 is 0. The Hall–Kier alpha value is -1.10. The van der Waals surface area contributed by atoms with Crippen LogP contribution in [0.5, 0.6) is 0 Å². The molecule has 1 spiro atoms. The average Bonchev–Trinajstić information content (AvgIpc) is 3.81. The molecule has 6 saturated heterocycles. The van der Waals surface area contributed by atoms with Crippen molar-refractivity contribution in [3.63, 3.8) is 0 Å². The van der Waals surface area contributed by atoms with E-state index in [9.17, 15) is 56.2 Å². The zero-order valence-electron chi connectivity index (χ0n) is 42.2. The molecule has 21 heteroatoms. The van der Waals surface area contributed by atoms with Crippen LogP contribution >= 0.6 is 0 Å². The molecule has 0 aromatic rings. The molecule has 6 aliphatic heterocycles. The van der Waals surface area contributed by atoms with Crippen LogP contribution in [0.25, 0.3) is 0 Å². The van der Waals surface area contributed by atoms with Gasteiger partial charge >= 0.3 is 0 Å². The van der Waals surface area contributed by atoms with Gasteiger partial charge in [-0.05, 0) is 106 Å². The van der Waals surface area contributed by atoms with Crippen LogP contribution in [0.2, 0.25) is 0 Å². The molecule has 0 bridgehead atoms. The first-order valence-corrected chi connectivity index (χ1v) is 26.7. The summed E-state index contributed by atoms with van der Waals surface area (Å²) in [6, 6.07) is 0. The second kappa shape index (κ2) is 20.6. The van der Waals surface area contributed by atoms with Crippen molar-refractivity contribution in [3.8, 4) is 0 Å². The summed E-state index contributed by atoms with van der Waals surface area (Å²) in [5, 5.41) is 119.